The molecule has 0 aliphatic heterocycles. The summed E-state index contributed by atoms with van der Waals surface area (Å²) in [5.41, 5.74) is 0.689. The standard InChI is InChI=1S/C10H8O4S/c11-8(6-1-3-14-5-6)9-7(10(12)13)2-4-15-9/h1-5,8,11H,(H,12,13). The lowest BCUT2D eigenvalue weighted by Gasteiger charge is -2.06. The van der Waals surface area contributed by atoms with Gasteiger partial charge in [0.15, 0.2) is 0 Å². The molecule has 2 heterocycles. The first kappa shape index (κ1) is 9.95. The Bertz CT molecular complexity index is 457. The van der Waals surface area contributed by atoms with Crippen molar-refractivity contribution in [2.75, 3.05) is 0 Å². The Kier molecular flexibility index (Phi) is 2.57. The fraction of sp³-hybridized carbons (Fsp3) is 0.100. The third-order valence-electron chi connectivity index (χ3n) is 2.03. The van der Waals surface area contributed by atoms with E-state index < -0.39 is 12.1 Å². The zero-order valence-corrected chi connectivity index (χ0v) is 8.40. The van der Waals surface area contributed by atoms with Crippen molar-refractivity contribution in [1.29, 1.82) is 0 Å². The van der Waals surface area contributed by atoms with Gasteiger partial charge in [-0.05, 0) is 17.5 Å². The van der Waals surface area contributed by atoms with Crippen LogP contribution in [0.5, 0.6) is 0 Å². The minimum atomic E-state index is -1.03. The molecule has 2 N–H and O–H groups in total. The van der Waals surface area contributed by atoms with E-state index in [1.807, 2.05) is 0 Å². The van der Waals surface area contributed by atoms with Gasteiger partial charge in [0.1, 0.15) is 6.10 Å². The van der Waals surface area contributed by atoms with E-state index in [1.165, 1.54) is 29.9 Å². The molecule has 0 aliphatic rings. The van der Waals surface area contributed by atoms with E-state index in [4.69, 9.17) is 9.52 Å². The molecule has 15 heavy (non-hydrogen) atoms. The molecule has 0 radical (unpaired) electrons. The predicted octanol–water partition coefficient (Wildman–Crippen LogP) is 2.12. The van der Waals surface area contributed by atoms with Gasteiger partial charge in [0.2, 0.25) is 0 Å². The predicted molar refractivity (Wildman–Crippen MR) is 54.0 cm³/mol. The van der Waals surface area contributed by atoms with Crippen LogP contribution in [-0.4, -0.2) is 16.2 Å². The van der Waals surface area contributed by atoms with Crippen molar-refractivity contribution < 1.29 is 19.4 Å². The van der Waals surface area contributed by atoms with Gasteiger partial charge >= 0.3 is 5.97 Å². The average molecular weight is 224 g/mol. The zero-order valence-electron chi connectivity index (χ0n) is 7.58. The summed E-state index contributed by atoms with van der Waals surface area (Å²) in [4.78, 5) is 11.2. The van der Waals surface area contributed by atoms with E-state index in [2.05, 4.69) is 0 Å². The van der Waals surface area contributed by atoms with Gasteiger partial charge in [-0.3, -0.25) is 0 Å². The Labute approximate surface area is 89.4 Å². The number of carboxylic acid groups (broad SMARTS) is 1. The maximum absolute atomic E-state index is 10.8. The van der Waals surface area contributed by atoms with E-state index in [0.717, 1.165) is 0 Å². The van der Waals surface area contributed by atoms with Crippen LogP contribution in [0.3, 0.4) is 0 Å². The van der Waals surface area contributed by atoms with Gasteiger partial charge in [-0.2, -0.15) is 0 Å². The Morgan fingerprint density at radius 2 is 2.27 bits per heavy atom. The quantitative estimate of drug-likeness (QED) is 0.837. The number of carboxylic acids is 1. The lowest BCUT2D eigenvalue weighted by Crippen LogP contribution is -2.03. The van der Waals surface area contributed by atoms with Crippen LogP contribution in [0.1, 0.15) is 26.9 Å². The number of hydrogen-bond acceptors (Lipinski definition) is 4. The number of carbonyl (C=O) groups is 1. The molecule has 0 bridgehead atoms. The van der Waals surface area contributed by atoms with Gasteiger partial charge in [0.05, 0.1) is 23.0 Å². The summed E-state index contributed by atoms with van der Waals surface area (Å²) >= 11 is 1.21. The van der Waals surface area contributed by atoms with Gasteiger partial charge in [0, 0.05) is 5.56 Å². The lowest BCUT2D eigenvalue weighted by molar-refractivity contribution is 0.0692. The second-order valence-corrected chi connectivity index (χ2v) is 3.91. The number of thiophene rings is 1. The normalized spacial score (nSPS) is 12.6. The molecule has 0 fully saturated rings. The van der Waals surface area contributed by atoms with Crippen molar-refractivity contribution in [3.8, 4) is 0 Å². The topological polar surface area (TPSA) is 70.7 Å². The van der Waals surface area contributed by atoms with Crippen molar-refractivity contribution in [3.05, 3.63) is 46.0 Å². The Morgan fingerprint density at radius 1 is 1.47 bits per heavy atom. The summed E-state index contributed by atoms with van der Waals surface area (Å²) in [6, 6.07) is 3.08. The number of furan rings is 1. The highest BCUT2D eigenvalue weighted by atomic mass is 32.1. The fourth-order valence-corrected chi connectivity index (χ4v) is 2.19. The maximum Gasteiger partial charge on any atom is 0.336 e. The first-order chi connectivity index (χ1) is 7.20. The van der Waals surface area contributed by atoms with E-state index in [9.17, 15) is 9.90 Å². The molecular formula is C10H8O4S. The van der Waals surface area contributed by atoms with Gasteiger partial charge in [-0.15, -0.1) is 11.3 Å². The molecule has 1 unspecified atom stereocenters. The number of aliphatic hydroxyl groups is 1. The molecular weight excluding hydrogens is 216 g/mol. The highest BCUT2D eigenvalue weighted by Crippen LogP contribution is 2.29. The first-order valence-electron chi connectivity index (χ1n) is 4.21. The molecule has 0 aromatic carbocycles. The van der Waals surface area contributed by atoms with Crippen molar-refractivity contribution >= 4 is 17.3 Å². The molecule has 2 aromatic rings. The molecule has 0 amide bonds. The fourth-order valence-electron chi connectivity index (χ4n) is 1.29. The summed E-state index contributed by atoms with van der Waals surface area (Å²) in [5, 5.41) is 20.4. The average Bonchev–Trinajstić information content (AvgIpc) is 2.88. The van der Waals surface area contributed by atoms with Crippen molar-refractivity contribution in [1.82, 2.24) is 0 Å². The van der Waals surface area contributed by atoms with Crippen LogP contribution in [0.25, 0.3) is 0 Å². The Balaban J connectivity index is 2.37. The summed E-state index contributed by atoms with van der Waals surface area (Å²) in [6.45, 7) is 0. The summed E-state index contributed by atoms with van der Waals surface area (Å²) in [7, 11) is 0. The molecule has 0 aliphatic carbocycles. The van der Waals surface area contributed by atoms with Crippen LogP contribution in [0.2, 0.25) is 0 Å². The third-order valence-corrected chi connectivity index (χ3v) is 3.00. The molecule has 0 saturated carbocycles. The van der Waals surface area contributed by atoms with Crippen molar-refractivity contribution in [3.63, 3.8) is 0 Å². The lowest BCUT2D eigenvalue weighted by atomic mass is 10.1. The van der Waals surface area contributed by atoms with Crippen molar-refractivity contribution in [2.24, 2.45) is 0 Å². The maximum atomic E-state index is 10.8. The summed E-state index contributed by atoms with van der Waals surface area (Å²) in [5.74, 6) is -1.03. The largest absolute Gasteiger partial charge is 0.478 e. The molecule has 2 rings (SSSR count). The molecule has 5 heteroatoms. The third kappa shape index (κ3) is 1.79. The van der Waals surface area contributed by atoms with Crippen LogP contribution in [0, 0.1) is 0 Å². The van der Waals surface area contributed by atoms with Crippen LogP contribution in [-0.2, 0) is 0 Å². The van der Waals surface area contributed by atoms with E-state index in [0.29, 0.717) is 10.4 Å². The van der Waals surface area contributed by atoms with E-state index in [1.54, 1.807) is 11.4 Å². The molecule has 0 spiro atoms. The smallest absolute Gasteiger partial charge is 0.336 e. The number of aliphatic hydroxyl groups excluding tert-OH is 1. The van der Waals surface area contributed by atoms with Crippen LogP contribution < -0.4 is 0 Å². The van der Waals surface area contributed by atoms with Gasteiger partial charge in [-0.1, -0.05) is 0 Å². The molecule has 2 aromatic heterocycles. The monoisotopic (exact) mass is 224 g/mol. The van der Waals surface area contributed by atoms with Crippen LogP contribution in [0.15, 0.2) is 34.5 Å². The Hall–Kier alpha value is -1.59. The Morgan fingerprint density at radius 3 is 2.87 bits per heavy atom. The van der Waals surface area contributed by atoms with Gasteiger partial charge < -0.3 is 14.6 Å². The molecule has 4 nitrogen and oxygen atoms in total. The minimum absolute atomic E-state index is 0.133. The summed E-state index contributed by atoms with van der Waals surface area (Å²) in [6.07, 6.45) is 1.90. The second-order valence-electron chi connectivity index (χ2n) is 2.96. The van der Waals surface area contributed by atoms with Gasteiger partial charge in [0.25, 0.3) is 0 Å². The van der Waals surface area contributed by atoms with Crippen LogP contribution >= 0.6 is 11.3 Å². The number of rotatable bonds is 3. The SMILES string of the molecule is O=C(O)c1ccsc1C(O)c1ccoc1. The van der Waals surface area contributed by atoms with Crippen LogP contribution in [0.4, 0.5) is 0 Å². The molecule has 0 saturated heterocycles. The van der Waals surface area contributed by atoms with Gasteiger partial charge in [-0.25, -0.2) is 4.79 Å². The van der Waals surface area contributed by atoms with Crippen molar-refractivity contribution in [2.45, 2.75) is 6.10 Å². The first-order valence-corrected chi connectivity index (χ1v) is 5.09. The van der Waals surface area contributed by atoms with E-state index >= 15 is 0 Å². The second kappa shape index (κ2) is 3.88. The minimum Gasteiger partial charge on any atom is -0.478 e. The summed E-state index contributed by atoms with van der Waals surface area (Å²) < 4.78 is 4.83. The highest BCUT2D eigenvalue weighted by molar-refractivity contribution is 7.10. The highest BCUT2D eigenvalue weighted by Gasteiger charge is 2.20. The molecule has 78 valence electrons. The zero-order chi connectivity index (χ0) is 10.8. The number of hydrogen-bond donors (Lipinski definition) is 2. The number of aromatic carboxylic acids is 1. The molecule has 1 atom stereocenters. The van der Waals surface area contributed by atoms with E-state index in [-0.39, 0.29) is 5.56 Å².